The third kappa shape index (κ3) is 8.29. The number of unbranched alkanes of at least 4 members (excludes halogenated alkanes) is 1. The number of allylic oxidation sites excluding steroid dienone is 1. The van der Waals surface area contributed by atoms with Gasteiger partial charge < -0.3 is 24.8 Å². The van der Waals surface area contributed by atoms with Crippen molar-refractivity contribution in [2.75, 3.05) is 13.7 Å². The number of benzene rings is 1. The maximum absolute atomic E-state index is 12.9. The van der Waals surface area contributed by atoms with E-state index in [2.05, 4.69) is 4.74 Å². The lowest BCUT2D eigenvalue weighted by molar-refractivity contribution is -0.140. The van der Waals surface area contributed by atoms with E-state index in [9.17, 15) is 33.3 Å². The van der Waals surface area contributed by atoms with E-state index < -0.39 is 30.1 Å². The second-order valence-corrected chi connectivity index (χ2v) is 7.75. The van der Waals surface area contributed by atoms with Gasteiger partial charge in [-0.3, -0.25) is 4.79 Å². The summed E-state index contributed by atoms with van der Waals surface area (Å²) in [6.45, 7) is -0.301. The summed E-state index contributed by atoms with van der Waals surface area (Å²) < 4.78 is 48.6. The number of esters is 1. The van der Waals surface area contributed by atoms with Gasteiger partial charge in [0.2, 0.25) is 0 Å². The predicted octanol–water partition coefficient (Wildman–Crippen LogP) is 3.40. The fourth-order valence-electron chi connectivity index (χ4n) is 3.44. The number of ether oxygens (including phenoxy) is 2. The highest BCUT2D eigenvalue weighted by Crippen LogP contribution is 2.32. The van der Waals surface area contributed by atoms with Crippen LogP contribution in [0.1, 0.15) is 37.7 Å². The number of methoxy groups -OCH3 is 1. The molecule has 178 valence electrons. The zero-order valence-corrected chi connectivity index (χ0v) is 17.8. The number of halogens is 3. The summed E-state index contributed by atoms with van der Waals surface area (Å²) in [5.41, 5.74) is -0.443. The van der Waals surface area contributed by atoms with Crippen LogP contribution in [-0.2, 0) is 15.7 Å². The molecule has 0 amide bonds. The zero-order valence-electron chi connectivity index (χ0n) is 17.8. The quantitative estimate of drug-likeness (QED) is 0.283. The molecule has 0 radical (unpaired) electrons. The molecule has 2 rings (SSSR count). The molecule has 0 aromatic heterocycles. The van der Waals surface area contributed by atoms with Gasteiger partial charge in [-0.25, -0.2) is 0 Å². The molecule has 1 aliphatic rings. The van der Waals surface area contributed by atoms with Crippen molar-refractivity contribution in [1.82, 2.24) is 0 Å². The van der Waals surface area contributed by atoms with Gasteiger partial charge in [-0.2, -0.15) is 13.2 Å². The summed E-state index contributed by atoms with van der Waals surface area (Å²) in [5.74, 6) is -0.730. The fraction of sp³-hybridized carbons (Fsp3) is 0.522. The molecule has 1 fully saturated rings. The molecule has 9 heteroatoms. The molecule has 0 saturated heterocycles. The predicted molar refractivity (Wildman–Crippen MR) is 111 cm³/mol. The highest BCUT2D eigenvalue weighted by Gasteiger charge is 2.32. The SMILES string of the molecule is COC(=O)CCC/C=C/C(=C\[C@@H]1C[C@@H](O)C[C@H]1O)[C@@H](O)COc1cccc(C(F)(F)F)c1. The summed E-state index contributed by atoms with van der Waals surface area (Å²) in [6.07, 6.45) is -0.167. The van der Waals surface area contributed by atoms with Crippen LogP contribution in [0.3, 0.4) is 0 Å². The number of rotatable bonds is 10. The highest BCUT2D eigenvalue weighted by atomic mass is 19.4. The minimum absolute atomic E-state index is 0.0309. The molecule has 32 heavy (non-hydrogen) atoms. The van der Waals surface area contributed by atoms with E-state index in [1.165, 1.54) is 19.2 Å². The molecule has 0 spiro atoms. The topological polar surface area (TPSA) is 96.2 Å². The van der Waals surface area contributed by atoms with E-state index in [0.29, 0.717) is 24.8 Å². The maximum Gasteiger partial charge on any atom is 0.416 e. The Morgan fingerprint density at radius 2 is 2.03 bits per heavy atom. The molecule has 1 aliphatic carbocycles. The second-order valence-electron chi connectivity index (χ2n) is 7.75. The van der Waals surface area contributed by atoms with E-state index in [1.54, 1.807) is 18.2 Å². The minimum Gasteiger partial charge on any atom is -0.491 e. The largest absolute Gasteiger partial charge is 0.491 e. The Bertz CT molecular complexity index is 805. The second kappa shape index (κ2) is 12.0. The van der Waals surface area contributed by atoms with Crippen LogP contribution in [0.15, 0.2) is 48.1 Å². The highest BCUT2D eigenvalue weighted by molar-refractivity contribution is 5.69. The summed E-state index contributed by atoms with van der Waals surface area (Å²) >= 11 is 0. The average Bonchev–Trinajstić information content (AvgIpc) is 3.06. The van der Waals surface area contributed by atoms with Crippen molar-refractivity contribution >= 4 is 5.97 Å². The molecule has 4 atom stereocenters. The van der Waals surface area contributed by atoms with Crippen LogP contribution in [0.25, 0.3) is 0 Å². The molecule has 0 unspecified atom stereocenters. The van der Waals surface area contributed by atoms with Crippen molar-refractivity contribution in [3.05, 3.63) is 53.6 Å². The van der Waals surface area contributed by atoms with E-state index in [0.717, 1.165) is 12.1 Å². The Morgan fingerprint density at radius 3 is 2.66 bits per heavy atom. The van der Waals surface area contributed by atoms with Crippen molar-refractivity contribution in [2.45, 2.75) is 56.6 Å². The standard InChI is InChI=1S/C23H29F3O6/c1-31-22(30)9-4-2-3-6-15(10-16-11-18(27)13-20(16)28)21(29)14-32-19-8-5-7-17(12-19)23(24,25)26/h3,5-8,10,12,16,18,20-21,27-29H,2,4,9,11,13-14H2,1H3/b6-3+,15-10+/t16-,18-,20-,21+/m1/s1. The number of hydrogen-bond acceptors (Lipinski definition) is 6. The van der Waals surface area contributed by atoms with Crippen LogP contribution >= 0.6 is 0 Å². The first-order chi connectivity index (χ1) is 15.1. The number of hydrogen-bond donors (Lipinski definition) is 3. The van der Waals surface area contributed by atoms with Crippen molar-refractivity contribution in [1.29, 1.82) is 0 Å². The number of carbonyl (C=O) groups excluding carboxylic acids is 1. The number of aliphatic hydroxyl groups excluding tert-OH is 3. The molecule has 6 nitrogen and oxygen atoms in total. The zero-order chi connectivity index (χ0) is 23.7. The third-order valence-electron chi connectivity index (χ3n) is 5.20. The lowest BCUT2D eigenvalue weighted by atomic mass is 9.98. The van der Waals surface area contributed by atoms with E-state index >= 15 is 0 Å². The minimum atomic E-state index is -4.50. The van der Waals surface area contributed by atoms with Crippen LogP contribution in [0.2, 0.25) is 0 Å². The summed E-state index contributed by atoms with van der Waals surface area (Å²) in [6, 6.07) is 4.37. The molecule has 1 aromatic carbocycles. The molecule has 3 N–H and O–H groups in total. The van der Waals surface area contributed by atoms with Gasteiger partial charge in [-0.05, 0) is 49.5 Å². The lowest BCUT2D eigenvalue weighted by Gasteiger charge is -2.17. The third-order valence-corrected chi connectivity index (χ3v) is 5.20. The number of alkyl halides is 3. The summed E-state index contributed by atoms with van der Waals surface area (Å²) in [4.78, 5) is 11.2. The maximum atomic E-state index is 12.9. The molecule has 0 aliphatic heterocycles. The Kier molecular flexibility index (Phi) is 9.74. The van der Waals surface area contributed by atoms with Crippen LogP contribution < -0.4 is 4.74 Å². The first kappa shape index (κ1) is 25.9. The normalized spacial score (nSPS) is 22.8. The Hall–Kier alpha value is -2.36. The van der Waals surface area contributed by atoms with Gasteiger partial charge in [0, 0.05) is 12.3 Å². The number of aliphatic hydroxyl groups is 3. The van der Waals surface area contributed by atoms with Gasteiger partial charge in [0.25, 0.3) is 0 Å². The summed E-state index contributed by atoms with van der Waals surface area (Å²) in [5, 5.41) is 30.5. The van der Waals surface area contributed by atoms with Gasteiger partial charge in [0.1, 0.15) is 18.5 Å². The van der Waals surface area contributed by atoms with Crippen LogP contribution in [-0.4, -0.2) is 53.3 Å². The van der Waals surface area contributed by atoms with Gasteiger partial charge in [0.15, 0.2) is 0 Å². The Labute approximate surface area is 185 Å². The fourth-order valence-corrected chi connectivity index (χ4v) is 3.44. The van der Waals surface area contributed by atoms with Gasteiger partial charge in [0.05, 0.1) is 24.9 Å². The first-order valence-electron chi connectivity index (χ1n) is 10.4. The Morgan fingerprint density at radius 1 is 1.28 bits per heavy atom. The van der Waals surface area contributed by atoms with Gasteiger partial charge >= 0.3 is 12.1 Å². The smallest absolute Gasteiger partial charge is 0.416 e. The van der Waals surface area contributed by atoms with Gasteiger partial charge in [-0.15, -0.1) is 0 Å². The van der Waals surface area contributed by atoms with Crippen molar-refractivity contribution in [3.8, 4) is 5.75 Å². The van der Waals surface area contributed by atoms with Crippen molar-refractivity contribution in [3.63, 3.8) is 0 Å². The Balaban J connectivity index is 2.06. The van der Waals surface area contributed by atoms with Crippen LogP contribution in [0.4, 0.5) is 13.2 Å². The molecule has 0 heterocycles. The average molecular weight is 458 g/mol. The number of carbonyl (C=O) groups is 1. The molecular formula is C23H29F3O6. The molecule has 0 bridgehead atoms. The molecular weight excluding hydrogens is 429 g/mol. The molecule has 1 aromatic rings. The van der Waals surface area contributed by atoms with Crippen molar-refractivity contribution < 1.29 is 42.8 Å². The van der Waals surface area contributed by atoms with E-state index in [1.807, 2.05) is 0 Å². The summed E-state index contributed by atoms with van der Waals surface area (Å²) in [7, 11) is 1.31. The van der Waals surface area contributed by atoms with Crippen LogP contribution in [0, 0.1) is 5.92 Å². The van der Waals surface area contributed by atoms with Gasteiger partial charge in [-0.1, -0.05) is 24.3 Å². The van der Waals surface area contributed by atoms with Crippen LogP contribution in [0.5, 0.6) is 5.75 Å². The molecule has 1 saturated carbocycles. The lowest BCUT2D eigenvalue weighted by Crippen LogP contribution is -2.21. The first-order valence-corrected chi connectivity index (χ1v) is 10.4. The van der Waals surface area contributed by atoms with Crippen molar-refractivity contribution in [2.24, 2.45) is 5.92 Å². The van der Waals surface area contributed by atoms with E-state index in [-0.39, 0.29) is 37.1 Å². The van der Waals surface area contributed by atoms with E-state index in [4.69, 9.17) is 4.74 Å². The monoisotopic (exact) mass is 458 g/mol.